The number of benzene rings is 1. The molecule has 3 nitrogen and oxygen atoms in total. The molecule has 0 bridgehead atoms. The lowest BCUT2D eigenvalue weighted by molar-refractivity contribution is -0.0328. The van der Waals surface area contributed by atoms with Gasteiger partial charge in [-0.25, -0.2) is 4.79 Å². The number of carbonyl (C=O) groups is 1. The molecule has 1 rings (SSSR count). The van der Waals surface area contributed by atoms with E-state index in [2.05, 4.69) is 17.4 Å². The SMILES string of the molecule is CCOC(=O)c1cc(S)cc(C#N)c1SC(F)(F)F. The molecular weight excluding hydrogens is 299 g/mol. The van der Waals surface area contributed by atoms with E-state index >= 15 is 0 Å². The third-order valence-electron chi connectivity index (χ3n) is 1.91. The molecule has 0 saturated carbocycles. The average Bonchev–Trinajstić information content (AvgIpc) is 2.29. The summed E-state index contributed by atoms with van der Waals surface area (Å²) in [6.07, 6.45) is 0. The highest BCUT2D eigenvalue weighted by Crippen LogP contribution is 2.41. The van der Waals surface area contributed by atoms with Crippen molar-refractivity contribution in [3.05, 3.63) is 23.3 Å². The maximum atomic E-state index is 12.5. The fourth-order valence-electron chi connectivity index (χ4n) is 1.28. The Labute approximate surface area is 117 Å². The molecule has 19 heavy (non-hydrogen) atoms. The Morgan fingerprint density at radius 2 is 2.16 bits per heavy atom. The summed E-state index contributed by atoms with van der Waals surface area (Å²) in [5.74, 6) is -0.915. The number of thioether (sulfide) groups is 1. The summed E-state index contributed by atoms with van der Waals surface area (Å²) in [6, 6.07) is 3.93. The van der Waals surface area contributed by atoms with Gasteiger partial charge in [-0.2, -0.15) is 18.4 Å². The molecule has 0 fully saturated rings. The zero-order valence-electron chi connectivity index (χ0n) is 9.61. The highest BCUT2D eigenvalue weighted by Gasteiger charge is 2.33. The number of alkyl halides is 3. The van der Waals surface area contributed by atoms with Crippen LogP contribution in [0.4, 0.5) is 13.2 Å². The lowest BCUT2D eigenvalue weighted by Gasteiger charge is -2.12. The molecule has 0 saturated heterocycles. The molecule has 1 aromatic rings. The van der Waals surface area contributed by atoms with Crippen molar-refractivity contribution in [2.24, 2.45) is 0 Å². The number of rotatable bonds is 3. The first-order chi connectivity index (χ1) is 8.78. The first-order valence-corrected chi connectivity index (χ1v) is 6.24. The van der Waals surface area contributed by atoms with Crippen LogP contribution < -0.4 is 0 Å². The fraction of sp³-hybridized carbons (Fsp3) is 0.273. The summed E-state index contributed by atoms with van der Waals surface area (Å²) < 4.78 is 42.1. The van der Waals surface area contributed by atoms with Gasteiger partial charge in [-0.1, -0.05) is 0 Å². The minimum Gasteiger partial charge on any atom is -0.462 e. The largest absolute Gasteiger partial charge is 0.462 e. The Morgan fingerprint density at radius 3 is 2.63 bits per heavy atom. The summed E-state index contributed by atoms with van der Waals surface area (Å²) in [5.41, 5.74) is -5.18. The predicted molar refractivity (Wildman–Crippen MR) is 66.3 cm³/mol. The van der Waals surface area contributed by atoms with E-state index in [-0.39, 0.29) is 22.6 Å². The molecule has 8 heteroatoms. The number of thiol groups is 1. The molecule has 0 amide bonds. The number of esters is 1. The average molecular weight is 307 g/mol. The summed E-state index contributed by atoms with van der Waals surface area (Å²) in [6.45, 7) is 1.55. The van der Waals surface area contributed by atoms with Crippen LogP contribution in [0.3, 0.4) is 0 Å². The van der Waals surface area contributed by atoms with Crippen LogP contribution in [0.15, 0.2) is 21.9 Å². The second-order valence-electron chi connectivity index (χ2n) is 3.25. The zero-order valence-corrected chi connectivity index (χ0v) is 11.3. The lowest BCUT2D eigenvalue weighted by Crippen LogP contribution is -2.10. The molecule has 0 radical (unpaired) electrons. The van der Waals surface area contributed by atoms with Gasteiger partial charge in [0.15, 0.2) is 0 Å². The van der Waals surface area contributed by atoms with E-state index in [0.717, 1.165) is 6.07 Å². The molecular formula is C11H8F3NO2S2. The minimum absolute atomic E-state index is 0.0215. The maximum Gasteiger partial charge on any atom is 0.446 e. The molecule has 0 unspecified atom stereocenters. The number of hydrogen-bond acceptors (Lipinski definition) is 5. The van der Waals surface area contributed by atoms with Crippen molar-refractivity contribution >= 4 is 30.4 Å². The summed E-state index contributed by atoms with van der Waals surface area (Å²) in [7, 11) is 0. The van der Waals surface area contributed by atoms with Crippen LogP contribution in [0.5, 0.6) is 0 Å². The first kappa shape index (κ1) is 15.7. The van der Waals surface area contributed by atoms with Gasteiger partial charge in [0.2, 0.25) is 0 Å². The zero-order chi connectivity index (χ0) is 14.6. The summed E-state index contributed by atoms with van der Waals surface area (Å²) in [4.78, 5) is 11.4. The van der Waals surface area contributed by atoms with Gasteiger partial charge in [0.1, 0.15) is 6.07 Å². The monoisotopic (exact) mass is 307 g/mol. The van der Waals surface area contributed by atoms with Crippen molar-refractivity contribution in [1.29, 1.82) is 5.26 Å². The van der Waals surface area contributed by atoms with E-state index in [1.807, 2.05) is 0 Å². The quantitative estimate of drug-likeness (QED) is 0.526. The number of carbonyl (C=O) groups excluding carboxylic acids is 1. The summed E-state index contributed by atoms with van der Waals surface area (Å²) >= 11 is 3.43. The molecule has 0 aliphatic carbocycles. The summed E-state index contributed by atoms with van der Waals surface area (Å²) in [5, 5.41) is 8.86. The Kier molecular flexibility index (Phi) is 5.14. The number of nitrogens with zero attached hydrogens (tertiary/aromatic N) is 1. The van der Waals surface area contributed by atoms with Gasteiger partial charge in [-0.3, -0.25) is 0 Å². The Bertz CT molecular complexity index is 538. The number of ether oxygens (including phenoxy) is 1. The van der Waals surface area contributed by atoms with Crippen molar-refractivity contribution in [2.75, 3.05) is 6.61 Å². The molecule has 0 atom stereocenters. The fourth-order valence-corrected chi connectivity index (χ4v) is 2.24. The van der Waals surface area contributed by atoms with E-state index < -0.39 is 28.1 Å². The Hall–Kier alpha value is -1.33. The highest BCUT2D eigenvalue weighted by atomic mass is 32.2. The van der Waals surface area contributed by atoms with Gasteiger partial charge >= 0.3 is 11.5 Å². The molecule has 0 spiro atoms. The maximum absolute atomic E-state index is 12.5. The van der Waals surface area contributed by atoms with Gasteiger partial charge in [-0.15, -0.1) is 12.6 Å². The van der Waals surface area contributed by atoms with Gasteiger partial charge < -0.3 is 4.74 Å². The van der Waals surface area contributed by atoms with Crippen LogP contribution in [-0.2, 0) is 4.74 Å². The van der Waals surface area contributed by atoms with Crippen molar-refractivity contribution in [2.45, 2.75) is 22.2 Å². The molecule has 0 aliphatic rings. The Morgan fingerprint density at radius 1 is 1.53 bits per heavy atom. The van der Waals surface area contributed by atoms with Crippen LogP contribution in [0, 0.1) is 11.3 Å². The smallest absolute Gasteiger partial charge is 0.446 e. The number of halogens is 3. The van der Waals surface area contributed by atoms with Gasteiger partial charge in [0, 0.05) is 9.79 Å². The van der Waals surface area contributed by atoms with Gasteiger partial charge in [0.25, 0.3) is 0 Å². The molecule has 0 heterocycles. The minimum atomic E-state index is -4.61. The van der Waals surface area contributed by atoms with Crippen LogP contribution in [0.1, 0.15) is 22.8 Å². The van der Waals surface area contributed by atoms with Crippen molar-refractivity contribution < 1.29 is 22.7 Å². The second-order valence-corrected chi connectivity index (χ2v) is 4.84. The molecule has 0 N–H and O–H groups in total. The van der Waals surface area contributed by atoms with E-state index in [1.54, 1.807) is 6.07 Å². The highest BCUT2D eigenvalue weighted by molar-refractivity contribution is 8.00. The third kappa shape index (κ3) is 4.36. The third-order valence-corrected chi connectivity index (χ3v) is 3.04. The van der Waals surface area contributed by atoms with Crippen LogP contribution in [0.2, 0.25) is 0 Å². The van der Waals surface area contributed by atoms with E-state index in [1.165, 1.54) is 13.0 Å². The van der Waals surface area contributed by atoms with Crippen molar-refractivity contribution in [1.82, 2.24) is 0 Å². The normalized spacial score (nSPS) is 10.9. The molecule has 0 aliphatic heterocycles. The van der Waals surface area contributed by atoms with Crippen molar-refractivity contribution in [3.63, 3.8) is 0 Å². The van der Waals surface area contributed by atoms with Gasteiger partial charge in [-0.05, 0) is 30.8 Å². The van der Waals surface area contributed by atoms with Crippen LogP contribution in [-0.4, -0.2) is 18.1 Å². The molecule has 102 valence electrons. The van der Waals surface area contributed by atoms with Crippen LogP contribution in [0.25, 0.3) is 0 Å². The Balaban J connectivity index is 3.38. The van der Waals surface area contributed by atoms with E-state index in [9.17, 15) is 18.0 Å². The van der Waals surface area contributed by atoms with E-state index in [4.69, 9.17) is 5.26 Å². The topological polar surface area (TPSA) is 50.1 Å². The molecule has 1 aromatic carbocycles. The first-order valence-electron chi connectivity index (χ1n) is 4.98. The van der Waals surface area contributed by atoms with Crippen molar-refractivity contribution in [3.8, 4) is 6.07 Å². The van der Waals surface area contributed by atoms with Gasteiger partial charge in [0.05, 0.1) is 17.7 Å². The standard InChI is InChI=1S/C11H8F3NO2S2/c1-2-17-10(16)8-4-7(18)3-6(5-15)9(8)19-11(12,13)14/h3-4,18H,2H2,1H3. The molecule has 0 aromatic heterocycles. The van der Waals surface area contributed by atoms with Crippen LogP contribution >= 0.6 is 24.4 Å². The number of hydrogen-bond donors (Lipinski definition) is 1. The lowest BCUT2D eigenvalue weighted by atomic mass is 10.1. The predicted octanol–water partition coefficient (Wildman–Crippen LogP) is 3.64. The second kappa shape index (κ2) is 6.21. The van der Waals surface area contributed by atoms with E-state index in [0.29, 0.717) is 0 Å². The number of nitriles is 1.